The summed E-state index contributed by atoms with van der Waals surface area (Å²) in [6.45, 7) is 1.70. The van der Waals surface area contributed by atoms with Crippen molar-refractivity contribution in [3.05, 3.63) is 70.5 Å². The highest BCUT2D eigenvalue weighted by Crippen LogP contribution is 2.21. The minimum absolute atomic E-state index is 0.104. The maximum atomic E-state index is 13.3. The van der Waals surface area contributed by atoms with E-state index in [-0.39, 0.29) is 24.1 Å². The summed E-state index contributed by atoms with van der Waals surface area (Å²) >= 11 is 5.89. The highest BCUT2D eigenvalue weighted by molar-refractivity contribution is 6.30. The van der Waals surface area contributed by atoms with Crippen molar-refractivity contribution in [3.63, 3.8) is 0 Å². The number of hydrogen-bond donors (Lipinski definition) is 1. The number of nitrogens with one attached hydrogen (secondary N) is 1. The molecule has 2 aromatic rings. The van der Waals surface area contributed by atoms with Crippen LogP contribution in [0.1, 0.15) is 30.5 Å². The molecule has 0 spiro atoms. The van der Waals surface area contributed by atoms with Crippen LogP contribution in [0.4, 0.5) is 4.39 Å². The maximum Gasteiger partial charge on any atom is 0.225 e. The van der Waals surface area contributed by atoms with E-state index in [0.29, 0.717) is 17.1 Å². The van der Waals surface area contributed by atoms with E-state index < -0.39 is 6.04 Å². The largest absolute Gasteiger partial charge is 0.349 e. The van der Waals surface area contributed by atoms with E-state index in [1.165, 1.54) is 24.0 Å². The fourth-order valence-electron chi connectivity index (χ4n) is 2.52. The third-order valence-corrected chi connectivity index (χ3v) is 4.02. The molecule has 0 saturated heterocycles. The smallest absolute Gasteiger partial charge is 0.225 e. The van der Waals surface area contributed by atoms with Gasteiger partial charge >= 0.3 is 0 Å². The lowest BCUT2D eigenvalue weighted by atomic mass is 10.0. The molecule has 1 atom stereocenters. The van der Waals surface area contributed by atoms with Gasteiger partial charge in [0, 0.05) is 25.5 Å². The van der Waals surface area contributed by atoms with Crippen LogP contribution >= 0.6 is 11.6 Å². The highest BCUT2D eigenvalue weighted by Gasteiger charge is 2.19. The SMILES string of the molecule is CC(=O)NC(CC(=O)N(C)Cc1cccc(F)c1)c1ccc(Cl)cc1. The van der Waals surface area contributed by atoms with Gasteiger partial charge in [-0.3, -0.25) is 9.59 Å². The number of hydrogen-bond acceptors (Lipinski definition) is 2. The molecule has 0 aliphatic carbocycles. The topological polar surface area (TPSA) is 49.4 Å². The van der Waals surface area contributed by atoms with Crippen LogP contribution in [0.5, 0.6) is 0 Å². The van der Waals surface area contributed by atoms with Gasteiger partial charge in [0.05, 0.1) is 12.5 Å². The summed E-state index contributed by atoms with van der Waals surface area (Å²) < 4.78 is 13.3. The van der Waals surface area contributed by atoms with Gasteiger partial charge in [-0.15, -0.1) is 0 Å². The quantitative estimate of drug-likeness (QED) is 0.851. The van der Waals surface area contributed by atoms with E-state index in [4.69, 9.17) is 11.6 Å². The number of nitrogens with zero attached hydrogens (tertiary/aromatic N) is 1. The summed E-state index contributed by atoms with van der Waals surface area (Å²) in [5, 5.41) is 3.37. The molecule has 4 nitrogen and oxygen atoms in total. The number of carbonyl (C=O) groups is 2. The third kappa shape index (κ3) is 5.87. The van der Waals surface area contributed by atoms with Crippen LogP contribution < -0.4 is 5.32 Å². The minimum atomic E-state index is -0.447. The molecule has 0 aliphatic heterocycles. The van der Waals surface area contributed by atoms with Crippen LogP contribution in [-0.2, 0) is 16.1 Å². The first kappa shape index (κ1) is 18.9. The summed E-state index contributed by atoms with van der Waals surface area (Å²) in [6, 6.07) is 12.7. The molecule has 0 fully saturated rings. The van der Waals surface area contributed by atoms with E-state index in [1.54, 1.807) is 43.4 Å². The Kier molecular flexibility index (Phi) is 6.53. The molecular weight excluding hydrogens is 343 g/mol. The summed E-state index contributed by atoms with van der Waals surface area (Å²) in [5.74, 6) is -0.714. The fourth-order valence-corrected chi connectivity index (χ4v) is 2.65. The van der Waals surface area contributed by atoms with E-state index in [9.17, 15) is 14.0 Å². The first-order valence-corrected chi connectivity index (χ1v) is 8.24. The zero-order valence-corrected chi connectivity index (χ0v) is 14.9. The number of halogens is 2. The second-order valence-electron chi connectivity index (χ2n) is 5.89. The van der Waals surface area contributed by atoms with Crippen molar-refractivity contribution in [1.82, 2.24) is 10.2 Å². The molecule has 1 N–H and O–H groups in total. The van der Waals surface area contributed by atoms with Crippen LogP contribution in [0.2, 0.25) is 5.02 Å². The number of rotatable bonds is 6. The van der Waals surface area contributed by atoms with E-state index in [2.05, 4.69) is 5.32 Å². The second kappa shape index (κ2) is 8.62. The molecule has 2 aromatic carbocycles. The zero-order chi connectivity index (χ0) is 18.4. The molecule has 0 saturated carbocycles. The number of carbonyl (C=O) groups excluding carboxylic acids is 2. The van der Waals surface area contributed by atoms with Gasteiger partial charge in [-0.25, -0.2) is 4.39 Å². The van der Waals surface area contributed by atoms with Gasteiger partial charge in [0.2, 0.25) is 11.8 Å². The van der Waals surface area contributed by atoms with Crippen molar-refractivity contribution in [2.24, 2.45) is 0 Å². The van der Waals surface area contributed by atoms with Gasteiger partial charge in [-0.2, -0.15) is 0 Å². The van der Waals surface area contributed by atoms with Crippen LogP contribution in [-0.4, -0.2) is 23.8 Å². The molecule has 2 rings (SSSR count). The minimum Gasteiger partial charge on any atom is -0.349 e. The molecule has 0 bridgehead atoms. The fraction of sp³-hybridized carbons (Fsp3) is 0.263. The lowest BCUT2D eigenvalue weighted by Gasteiger charge is -2.23. The third-order valence-electron chi connectivity index (χ3n) is 3.76. The van der Waals surface area contributed by atoms with E-state index >= 15 is 0 Å². The summed E-state index contributed by atoms with van der Waals surface area (Å²) in [7, 11) is 1.65. The van der Waals surface area contributed by atoms with Crippen molar-refractivity contribution < 1.29 is 14.0 Å². The molecule has 1 unspecified atom stereocenters. The lowest BCUT2D eigenvalue weighted by Crippen LogP contribution is -2.33. The average molecular weight is 363 g/mol. The predicted octanol–water partition coefficient (Wildman–Crippen LogP) is 3.71. The second-order valence-corrected chi connectivity index (χ2v) is 6.32. The maximum absolute atomic E-state index is 13.3. The van der Waals surface area contributed by atoms with Gasteiger partial charge in [0.15, 0.2) is 0 Å². The van der Waals surface area contributed by atoms with E-state index in [0.717, 1.165) is 5.56 Å². The first-order valence-electron chi connectivity index (χ1n) is 7.86. The van der Waals surface area contributed by atoms with Gasteiger partial charge in [0.1, 0.15) is 5.82 Å². The number of amides is 2. The van der Waals surface area contributed by atoms with Crippen LogP contribution in [0.25, 0.3) is 0 Å². The molecule has 0 radical (unpaired) electrons. The summed E-state index contributed by atoms with van der Waals surface area (Å²) in [6.07, 6.45) is 0.104. The zero-order valence-electron chi connectivity index (χ0n) is 14.1. The van der Waals surface area contributed by atoms with Crippen LogP contribution in [0.15, 0.2) is 48.5 Å². The summed E-state index contributed by atoms with van der Waals surface area (Å²) in [5.41, 5.74) is 1.51. The molecule has 0 heterocycles. The van der Waals surface area contributed by atoms with Crippen LogP contribution in [0.3, 0.4) is 0 Å². The van der Waals surface area contributed by atoms with Gasteiger partial charge in [0.25, 0.3) is 0 Å². The molecule has 0 aromatic heterocycles. The lowest BCUT2D eigenvalue weighted by molar-refractivity contribution is -0.131. The van der Waals surface area contributed by atoms with Crippen molar-refractivity contribution in [2.45, 2.75) is 25.9 Å². The molecule has 2 amide bonds. The van der Waals surface area contributed by atoms with Gasteiger partial charge in [-0.05, 0) is 35.4 Å². The van der Waals surface area contributed by atoms with Crippen molar-refractivity contribution in [2.75, 3.05) is 7.05 Å². The molecule has 132 valence electrons. The molecular formula is C19H20ClFN2O2. The Hall–Kier alpha value is -2.40. The Morgan fingerprint density at radius 3 is 2.48 bits per heavy atom. The Balaban J connectivity index is 2.07. The standard InChI is InChI=1S/C19H20ClFN2O2/c1-13(24)22-18(15-6-8-16(20)9-7-15)11-19(25)23(2)12-14-4-3-5-17(21)10-14/h3-10,18H,11-12H2,1-2H3,(H,22,24). The van der Waals surface area contributed by atoms with Gasteiger partial charge < -0.3 is 10.2 Å². The molecule has 25 heavy (non-hydrogen) atoms. The average Bonchev–Trinajstić information content (AvgIpc) is 2.54. The predicted molar refractivity (Wildman–Crippen MR) is 95.5 cm³/mol. The first-order chi connectivity index (χ1) is 11.8. The Bertz CT molecular complexity index is 749. The Morgan fingerprint density at radius 2 is 1.88 bits per heavy atom. The highest BCUT2D eigenvalue weighted by atomic mass is 35.5. The Labute approximate surface area is 151 Å². The molecule has 6 heteroatoms. The van der Waals surface area contributed by atoms with Crippen molar-refractivity contribution >= 4 is 23.4 Å². The monoisotopic (exact) mass is 362 g/mol. The summed E-state index contributed by atoms with van der Waals surface area (Å²) in [4.78, 5) is 25.5. The van der Waals surface area contributed by atoms with Crippen molar-refractivity contribution in [3.8, 4) is 0 Å². The van der Waals surface area contributed by atoms with Crippen molar-refractivity contribution in [1.29, 1.82) is 0 Å². The number of benzene rings is 2. The van der Waals surface area contributed by atoms with E-state index in [1.807, 2.05) is 0 Å². The Morgan fingerprint density at radius 1 is 1.20 bits per heavy atom. The van der Waals surface area contributed by atoms with Gasteiger partial charge in [-0.1, -0.05) is 35.9 Å². The van der Waals surface area contributed by atoms with Crippen LogP contribution in [0, 0.1) is 5.82 Å². The normalized spacial score (nSPS) is 11.7. The molecule has 0 aliphatic rings.